The molecule has 0 fully saturated rings. The van der Waals surface area contributed by atoms with Gasteiger partial charge in [-0.25, -0.2) is 0 Å². The molecule has 0 saturated heterocycles. The van der Waals surface area contributed by atoms with Crippen molar-refractivity contribution in [2.24, 2.45) is 11.8 Å². The van der Waals surface area contributed by atoms with Gasteiger partial charge in [-0.15, -0.1) is 0 Å². The molecule has 0 amide bonds. The molecule has 0 aliphatic rings. The molecule has 0 radical (unpaired) electrons. The molecule has 2 unspecified atom stereocenters. The minimum Gasteiger partial charge on any atom is -0.396 e. The van der Waals surface area contributed by atoms with Crippen LogP contribution in [-0.4, -0.2) is 25.4 Å². The van der Waals surface area contributed by atoms with Crippen molar-refractivity contribution in [2.75, 3.05) is 20.3 Å². The Hall–Kier alpha value is -0.570. The van der Waals surface area contributed by atoms with Crippen molar-refractivity contribution >= 4 is 11.6 Å². The Balaban J connectivity index is 2.53. The average Bonchev–Trinajstić information content (AvgIpc) is 2.35. The van der Waals surface area contributed by atoms with Gasteiger partial charge >= 0.3 is 0 Å². The van der Waals surface area contributed by atoms with E-state index in [1.54, 1.807) is 7.11 Å². The molecular weight excluding hydrogens is 236 g/mol. The summed E-state index contributed by atoms with van der Waals surface area (Å²) in [5.41, 5.74) is 1.22. The predicted molar refractivity (Wildman–Crippen MR) is 71.4 cm³/mol. The molecule has 0 aliphatic heterocycles. The van der Waals surface area contributed by atoms with Crippen molar-refractivity contribution in [1.82, 2.24) is 0 Å². The lowest BCUT2D eigenvalue weighted by molar-refractivity contribution is 0.134. The third-order valence-electron chi connectivity index (χ3n) is 3.23. The van der Waals surface area contributed by atoms with Crippen LogP contribution in [0, 0.1) is 11.8 Å². The third kappa shape index (κ3) is 5.07. The molecule has 2 nitrogen and oxygen atoms in total. The Kier molecular flexibility index (Phi) is 6.56. The van der Waals surface area contributed by atoms with Gasteiger partial charge in [0.1, 0.15) is 0 Å². The molecule has 1 rings (SSSR count). The van der Waals surface area contributed by atoms with E-state index >= 15 is 0 Å². The van der Waals surface area contributed by atoms with Crippen LogP contribution < -0.4 is 0 Å². The molecule has 0 heterocycles. The van der Waals surface area contributed by atoms with Crippen LogP contribution in [0.3, 0.4) is 0 Å². The van der Waals surface area contributed by atoms with Crippen molar-refractivity contribution in [1.29, 1.82) is 0 Å². The van der Waals surface area contributed by atoms with Gasteiger partial charge < -0.3 is 9.84 Å². The van der Waals surface area contributed by atoms with Crippen LogP contribution in [0.1, 0.15) is 18.9 Å². The van der Waals surface area contributed by atoms with Gasteiger partial charge in [0.15, 0.2) is 0 Å². The Morgan fingerprint density at radius 1 is 1.29 bits per heavy atom. The van der Waals surface area contributed by atoms with Crippen molar-refractivity contribution in [3.8, 4) is 0 Å². The first kappa shape index (κ1) is 14.5. The highest BCUT2D eigenvalue weighted by atomic mass is 35.5. The normalized spacial score (nSPS) is 14.6. The van der Waals surface area contributed by atoms with E-state index in [0.717, 1.165) is 24.5 Å². The number of aliphatic hydroxyl groups is 1. The number of hydrogen-bond donors (Lipinski definition) is 1. The van der Waals surface area contributed by atoms with Gasteiger partial charge in [0.05, 0.1) is 0 Å². The molecule has 2 atom stereocenters. The highest BCUT2D eigenvalue weighted by molar-refractivity contribution is 6.30. The standard InChI is InChI=1S/C14H21ClO2/c1-11(7-8-17-2)13(10-16)9-12-3-5-14(15)6-4-12/h3-6,11,13,16H,7-10H2,1-2H3. The molecule has 0 aromatic heterocycles. The summed E-state index contributed by atoms with van der Waals surface area (Å²) in [7, 11) is 1.71. The number of halogens is 1. The fourth-order valence-electron chi connectivity index (χ4n) is 1.91. The number of ether oxygens (including phenoxy) is 1. The summed E-state index contributed by atoms with van der Waals surface area (Å²) in [4.78, 5) is 0. The third-order valence-corrected chi connectivity index (χ3v) is 3.48. The van der Waals surface area contributed by atoms with Crippen LogP contribution in [0.2, 0.25) is 5.02 Å². The molecule has 0 spiro atoms. The summed E-state index contributed by atoms with van der Waals surface area (Å²) < 4.78 is 5.07. The van der Waals surface area contributed by atoms with E-state index in [1.807, 2.05) is 24.3 Å². The first-order chi connectivity index (χ1) is 8.17. The zero-order valence-electron chi connectivity index (χ0n) is 10.5. The molecule has 1 aromatic rings. The van der Waals surface area contributed by atoms with Crippen LogP contribution in [-0.2, 0) is 11.2 Å². The lowest BCUT2D eigenvalue weighted by atomic mass is 9.87. The second-order valence-corrected chi connectivity index (χ2v) is 4.97. The summed E-state index contributed by atoms with van der Waals surface area (Å²) in [6.45, 7) is 3.13. The Labute approximate surface area is 109 Å². The average molecular weight is 257 g/mol. The van der Waals surface area contributed by atoms with Gasteiger partial charge in [-0.3, -0.25) is 0 Å². The summed E-state index contributed by atoms with van der Waals surface area (Å²) >= 11 is 5.85. The zero-order chi connectivity index (χ0) is 12.7. The second kappa shape index (κ2) is 7.70. The van der Waals surface area contributed by atoms with E-state index in [1.165, 1.54) is 5.56 Å². The van der Waals surface area contributed by atoms with Crippen LogP contribution in [0.25, 0.3) is 0 Å². The summed E-state index contributed by atoms with van der Waals surface area (Å²) in [6, 6.07) is 7.83. The van der Waals surface area contributed by atoms with Gasteiger partial charge in [-0.05, 0) is 42.4 Å². The lowest BCUT2D eigenvalue weighted by Gasteiger charge is -2.21. The quantitative estimate of drug-likeness (QED) is 0.812. The molecule has 3 heteroatoms. The van der Waals surface area contributed by atoms with E-state index in [4.69, 9.17) is 16.3 Å². The monoisotopic (exact) mass is 256 g/mol. The first-order valence-electron chi connectivity index (χ1n) is 6.01. The number of aliphatic hydroxyl groups excluding tert-OH is 1. The zero-order valence-corrected chi connectivity index (χ0v) is 11.3. The molecule has 0 aliphatic carbocycles. The van der Waals surface area contributed by atoms with Gasteiger partial charge in [0, 0.05) is 25.3 Å². The fraction of sp³-hybridized carbons (Fsp3) is 0.571. The number of rotatable bonds is 7. The maximum atomic E-state index is 9.44. The maximum Gasteiger partial charge on any atom is 0.0465 e. The van der Waals surface area contributed by atoms with Gasteiger partial charge in [0.2, 0.25) is 0 Å². The number of methoxy groups -OCH3 is 1. The molecular formula is C14H21ClO2. The first-order valence-corrected chi connectivity index (χ1v) is 6.39. The van der Waals surface area contributed by atoms with E-state index in [0.29, 0.717) is 5.92 Å². The Morgan fingerprint density at radius 2 is 1.94 bits per heavy atom. The SMILES string of the molecule is COCCC(C)C(CO)Cc1ccc(Cl)cc1. The lowest BCUT2D eigenvalue weighted by Crippen LogP contribution is -2.20. The molecule has 17 heavy (non-hydrogen) atoms. The molecule has 1 N–H and O–H groups in total. The van der Waals surface area contributed by atoms with Crippen LogP contribution in [0.15, 0.2) is 24.3 Å². The molecule has 0 bridgehead atoms. The summed E-state index contributed by atoms with van der Waals surface area (Å²) in [5.74, 6) is 0.738. The summed E-state index contributed by atoms with van der Waals surface area (Å²) in [5, 5.41) is 10.2. The van der Waals surface area contributed by atoms with Crippen LogP contribution in [0.5, 0.6) is 0 Å². The predicted octanol–water partition coefficient (Wildman–Crippen LogP) is 3.16. The van der Waals surface area contributed by atoms with Gasteiger partial charge in [-0.1, -0.05) is 30.7 Å². The minimum atomic E-state index is 0.216. The molecule has 1 aromatic carbocycles. The van der Waals surface area contributed by atoms with E-state index in [-0.39, 0.29) is 12.5 Å². The Bertz CT molecular complexity index is 311. The fourth-order valence-corrected chi connectivity index (χ4v) is 2.03. The Morgan fingerprint density at radius 3 is 2.47 bits per heavy atom. The van der Waals surface area contributed by atoms with Gasteiger partial charge in [0.25, 0.3) is 0 Å². The van der Waals surface area contributed by atoms with Crippen LogP contribution in [0.4, 0.5) is 0 Å². The number of hydrogen-bond acceptors (Lipinski definition) is 2. The van der Waals surface area contributed by atoms with Crippen LogP contribution >= 0.6 is 11.6 Å². The molecule has 0 saturated carbocycles. The maximum absolute atomic E-state index is 9.44. The largest absolute Gasteiger partial charge is 0.396 e. The highest BCUT2D eigenvalue weighted by Crippen LogP contribution is 2.21. The molecule has 96 valence electrons. The number of benzene rings is 1. The van der Waals surface area contributed by atoms with E-state index < -0.39 is 0 Å². The van der Waals surface area contributed by atoms with Gasteiger partial charge in [-0.2, -0.15) is 0 Å². The van der Waals surface area contributed by atoms with E-state index in [9.17, 15) is 5.11 Å². The van der Waals surface area contributed by atoms with Crippen molar-refractivity contribution in [3.05, 3.63) is 34.9 Å². The van der Waals surface area contributed by atoms with Crippen molar-refractivity contribution in [3.63, 3.8) is 0 Å². The summed E-state index contributed by atoms with van der Waals surface area (Å²) in [6.07, 6.45) is 1.87. The second-order valence-electron chi connectivity index (χ2n) is 4.53. The minimum absolute atomic E-state index is 0.216. The van der Waals surface area contributed by atoms with E-state index in [2.05, 4.69) is 6.92 Å². The van der Waals surface area contributed by atoms with Crippen molar-refractivity contribution in [2.45, 2.75) is 19.8 Å². The highest BCUT2D eigenvalue weighted by Gasteiger charge is 2.16. The topological polar surface area (TPSA) is 29.5 Å². The van der Waals surface area contributed by atoms with Crippen molar-refractivity contribution < 1.29 is 9.84 Å². The smallest absolute Gasteiger partial charge is 0.0465 e.